The molecule has 1 rings (SSSR count). The van der Waals surface area contributed by atoms with E-state index >= 15 is 0 Å². The normalized spacial score (nSPS) is 19.2. The molecule has 0 aromatic rings. The van der Waals surface area contributed by atoms with Gasteiger partial charge in [0.2, 0.25) is 11.8 Å². The second kappa shape index (κ2) is 7.41. The predicted molar refractivity (Wildman–Crippen MR) is 67.8 cm³/mol. The van der Waals surface area contributed by atoms with E-state index in [1.54, 1.807) is 0 Å². The van der Waals surface area contributed by atoms with E-state index < -0.39 is 18.1 Å². The molecule has 0 aliphatic carbocycles. The van der Waals surface area contributed by atoms with Gasteiger partial charge in [-0.2, -0.15) is 0 Å². The van der Waals surface area contributed by atoms with Crippen molar-refractivity contribution in [3.63, 3.8) is 0 Å². The van der Waals surface area contributed by atoms with Crippen LogP contribution in [0.2, 0.25) is 0 Å². The van der Waals surface area contributed by atoms with E-state index in [2.05, 4.69) is 21.3 Å². The maximum absolute atomic E-state index is 11.9. The molecular weight excluding hydrogens is 248 g/mol. The van der Waals surface area contributed by atoms with Crippen molar-refractivity contribution in [3.05, 3.63) is 0 Å². The molecule has 0 aromatic heterocycles. The summed E-state index contributed by atoms with van der Waals surface area (Å²) < 4.78 is 4.64. The molecule has 1 aliphatic heterocycles. The van der Waals surface area contributed by atoms with Crippen LogP contribution >= 0.6 is 0 Å². The summed E-state index contributed by atoms with van der Waals surface area (Å²) in [5.41, 5.74) is 0. The van der Waals surface area contributed by atoms with E-state index in [0.717, 1.165) is 0 Å². The first-order valence-corrected chi connectivity index (χ1v) is 6.19. The molecule has 1 saturated heterocycles. The number of methoxy groups -OCH3 is 1. The van der Waals surface area contributed by atoms with Gasteiger partial charge in [-0.25, -0.2) is 4.79 Å². The quantitative estimate of drug-likeness (QED) is 0.393. The van der Waals surface area contributed by atoms with Gasteiger partial charge in [0, 0.05) is 12.8 Å². The SMILES string of the molecule is C#CCCC[C@H](NC(=O)[C@H]1CCC(=O)N1)C(=O)OC. The van der Waals surface area contributed by atoms with Crippen molar-refractivity contribution >= 4 is 17.8 Å². The van der Waals surface area contributed by atoms with E-state index in [4.69, 9.17) is 6.42 Å². The molecule has 19 heavy (non-hydrogen) atoms. The molecule has 6 heteroatoms. The van der Waals surface area contributed by atoms with Crippen LogP contribution in [0.25, 0.3) is 0 Å². The fraction of sp³-hybridized carbons (Fsp3) is 0.615. The summed E-state index contributed by atoms with van der Waals surface area (Å²) >= 11 is 0. The monoisotopic (exact) mass is 266 g/mol. The predicted octanol–water partition coefficient (Wildman–Crippen LogP) is -0.274. The summed E-state index contributed by atoms with van der Waals surface area (Å²) in [6, 6.07) is -1.28. The Morgan fingerprint density at radius 1 is 1.63 bits per heavy atom. The molecule has 0 saturated carbocycles. The lowest BCUT2D eigenvalue weighted by Crippen LogP contribution is -2.49. The second-order valence-electron chi connectivity index (χ2n) is 4.34. The topological polar surface area (TPSA) is 84.5 Å². The van der Waals surface area contributed by atoms with Crippen molar-refractivity contribution in [1.29, 1.82) is 0 Å². The summed E-state index contributed by atoms with van der Waals surface area (Å²) in [6.45, 7) is 0. The van der Waals surface area contributed by atoms with Gasteiger partial charge in [0.15, 0.2) is 0 Å². The van der Waals surface area contributed by atoms with Gasteiger partial charge in [-0.05, 0) is 19.3 Å². The van der Waals surface area contributed by atoms with Crippen LogP contribution in [-0.4, -0.2) is 37.0 Å². The Morgan fingerprint density at radius 2 is 2.37 bits per heavy atom. The Kier molecular flexibility index (Phi) is 5.86. The van der Waals surface area contributed by atoms with Gasteiger partial charge in [0.1, 0.15) is 12.1 Å². The molecule has 0 bridgehead atoms. The summed E-state index contributed by atoms with van der Waals surface area (Å²) in [5, 5.41) is 5.14. The standard InChI is InChI=1S/C13H18N2O4/c1-3-4-5-6-10(13(18)19-2)15-12(17)9-7-8-11(16)14-9/h1,9-10H,4-8H2,2H3,(H,14,16)(H,15,17)/t9-,10+/m1/s1. The minimum absolute atomic E-state index is 0.151. The smallest absolute Gasteiger partial charge is 0.328 e. The Bertz CT molecular complexity index is 400. The van der Waals surface area contributed by atoms with Crippen molar-refractivity contribution in [3.8, 4) is 12.3 Å². The van der Waals surface area contributed by atoms with Crippen LogP contribution in [0.15, 0.2) is 0 Å². The van der Waals surface area contributed by atoms with Crippen LogP contribution in [0.3, 0.4) is 0 Å². The molecule has 104 valence electrons. The average Bonchev–Trinajstić information content (AvgIpc) is 2.83. The Hall–Kier alpha value is -2.03. The fourth-order valence-corrected chi connectivity index (χ4v) is 1.88. The summed E-state index contributed by atoms with van der Waals surface area (Å²) in [7, 11) is 1.26. The van der Waals surface area contributed by atoms with Crippen LogP contribution in [0, 0.1) is 12.3 Å². The number of nitrogens with one attached hydrogen (secondary N) is 2. The molecule has 1 fully saturated rings. The highest BCUT2D eigenvalue weighted by Crippen LogP contribution is 2.08. The van der Waals surface area contributed by atoms with Crippen LogP contribution in [-0.2, 0) is 19.1 Å². The van der Waals surface area contributed by atoms with Crippen LogP contribution < -0.4 is 10.6 Å². The molecule has 2 N–H and O–H groups in total. The van der Waals surface area contributed by atoms with Gasteiger partial charge in [0.05, 0.1) is 7.11 Å². The third kappa shape index (κ3) is 4.62. The maximum Gasteiger partial charge on any atom is 0.328 e. The number of rotatable bonds is 6. The minimum atomic E-state index is -0.719. The number of carbonyl (C=O) groups excluding carboxylic acids is 3. The van der Waals surface area contributed by atoms with Crippen molar-refractivity contribution in [2.75, 3.05) is 7.11 Å². The zero-order chi connectivity index (χ0) is 14.3. The number of ether oxygens (including phenoxy) is 1. The summed E-state index contributed by atoms with van der Waals surface area (Å²) in [5.74, 6) is 1.46. The van der Waals surface area contributed by atoms with Gasteiger partial charge in [-0.15, -0.1) is 12.3 Å². The molecular formula is C13H18N2O4. The van der Waals surface area contributed by atoms with Gasteiger partial charge >= 0.3 is 5.97 Å². The van der Waals surface area contributed by atoms with Crippen molar-refractivity contribution in [1.82, 2.24) is 10.6 Å². The fourth-order valence-electron chi connectivity index (χ4n) is 1.88. The van der Waals surface area contributed by atoms with Crippen LogP contribution in [0.5, 0.6) is 0 Å². The highest BCUT2D eigenvalue weighted by atomic mass is 16.5. The number of hydrogen-bond acceptors (Lipinski definition) is 4. The van der Waals surface area contributed by atoms with E-state index in [1.165, 1.54) is 7.11 Å². The van der Waals surface area contributed by atoms with E-state index in [-0.39, 0.29) is 11.8 Å². The number of carbonyl (C=O) groups is 3. The van der Waals surface area contributed by atoms with Gasteiger partial charge < -0.3 is 15.4 Å². The highest BCUT2D eigenvalue weighted by molar-refractivity contribution is 5.93. The van der Waals surface area contributed by atoms with E-state index in [9.17, 15) is 14.4 Å². The first-order valence-electron chi connectivity index (χ1n) is 6.19. The summed E-state index contributed by atoms with van der Waals surface area (Å²) in [6.07, 6.45) is 7.49. The Balaban J connectivity index is 2.51. The zero-order valence-electron chi connectivity index (χ0n) is 10.9. The number of hydrogen-bond donors (Lipinski definition) is 2. The number of unbranched alkanes of at least 4 members (excludes halogenated alkanes) is 1. The largest absolute Gasteiger partial charge is 0.467 e. The maximum atomic E-state index is 11.9. The molecule has 6 nitrogen and oxygen atoms in total. The molecule has 0 unspecified atom stereocenters. The Labute approximate surface area is 112 Å². The molecule has 0 radical (unpaired) electrons. The van der Waals surface area contributed by atoms with Gasteiger partial charge in [-0.3, -0.25) is 9.59 Å². The molecule has 1 aliphatic rings. The van der Waals surface area contributed by atoms with E-state index in [0.29, 0.717) is 32.1 Å². The average molecular weight is 266 g/mol. The minimum Gasteiger partial charge on any atom is -0.467 e. The third-order valence-electron chi connectivity index (χ3n) is 2.93. The van der Waals surface area contributed by atoms with Crippen LogP contribution in [0.1, 0.15) is 32.1 Å². The number of amides is 2. The van der Waals surface area contributed by atoms with Gasteiger partial charge in [-0.1, -0.05) is 0 Å². The second-order valence-corrected chi connectivity index (χ2v) is 4.34. The molecule has 1 heterocycles. The first-order chi connectivity index (χ1) is 9.08. The van der Waals surface area contributed by atoms with Crippen LogP contribution in [0.4, 0.5) is 0 Å². The molecule has 2 amide bonds. The number of terminal acetylenes is 1. The number of esters is 1. The molecule has 2 atom stereocenters. The highest BCUT2D eigenvalue weighted by Gasteiger charge is 2.30. The van der Waals surface area contributed by atoms with Crippen molar-refractivity contribution in [2.24, 2.45) is 0 Å². The lowest BCUT2D eigenvalue weighted by atomic mass is 10.1. The van der Waals surface area contributed by atoms with Crippen molar-refractivity contribution in [2.45, 2.75) is 44.2 Å². The van der Waals surface area contributed by atoms with Crippen molar-refractivity contribution < 1.29 is 19.1 Å². The Morgan fingerprint density at radius 3 is 2.89 bits per heavy atom. The first kappa shape index (κ1) is 15.0. The zero-order valence-corrected chi connectivity index (χ0v) is 10.9. The van der Waals surface area contributed by atoms with E-state index in [1.807, 2.05) is 0 Å². The summed E-state index contributed by atoms with van der Waals surface area (Å²) in [4.78, 5) is 34.5. The molecule has 0 spiro atoms. The molecule has 0 aromatic carbocycles. The van der Waals surface area contributed by atoms with Gasteiger partial charge in [0.25, 0.3) is 0 Å². The third-order valence-corrected chi connectivity index (χ3v) is 2.93. The lowest BCUT2D eigenvalue weighted by molar-refractivity contribution is -0.145. The lowest BCUT2D eigenvalue weighted by Gasteiger charge is -2.18.